The topological polar surface area (TPSA) is 109 Å². The number of carbonyl (C=O) groups excluding carboxylic acids is 1. The molecule has 2 fully saturated rings. The molecule has 2 aliphatic heterocycles. The average Bonchev–Trinajstić information content (AvgIpc) is 2.81. The molecule has 2 aliphatic rings. The van der Waals surface area contributed by atoms with Crippen molar-refractivity contribution in [2.75, 3.05) is 32.7 Å². The monoisotopic (exact) mass is 427 g/mol. The number of nitrogens with two attached hydrogens (primary N) is 2. The molecule has 0 unspecified atom stereocenters. The normalized spacial score (nSPS) is 20.5. The Labute approximate surface area is 182 Å². The Morgan fingerprint density at radius 3 is 2.39 bits per heavy atom. The Balaban J connectivity index is 1.47. The lowest BCUT2D eigenvalue weighted by atomic mass is 9.90. The molecule has 2 saturated heterocycles. The fourth-order valence-corrected chi connectivity index (χ4v) is 4.08. The van der Waals surface area contributed by atoms with Gasteiger partial charge in [0.1, 0.15) is 11.9 Å². The van der Waals surface area contributed by atoms with E-state index in [-0.39, 0.29) is 18.9 Å². The van der Waals surface area contributed by atoms with Crippen molar-refractivity contribution >= 4 is 5.91 Å². The number of rotatable bonds is 6. The predicted molar refractivity (Wildman–Crippen MR) is 116 cm³/mol. The fraction of sp³-hybridized carbons (Fsp3) is 0.478. The maximum absolute atomic E-state index is 15.5. The van der Waals surface area contributed by atoms with Crippen LogP contribution in [0.15, 0.2) is 48.3 Å². The van der Waals surface area contributed by atoms with E-state index < -0.39 is 11.6 Å². The summed E-state index contributed by atoms with van der Waals surface area (Å²) >= 11 is 0. The molecule has 1 aromatic carbocycles. The van der Waals surface area contributed by atoms with Gasteiger partial charge in [-0.1, -0.05) is 0 Å². The Bertz CT molecular complexity index is 846. The molecule has 8 heteroatoms. The van der Waals surface area contributed by atoms with Gasteiger partial charge < -0.3 is 21.1 Å². The third-order valence-corrected chi connectivity index (χ3v) is 5.98. The molecule has 0 radical (unpaired) electrons. The van der Waals surface area contributed by atoms with Crippen molar-refractivity contribution in [3.05, 3.63) is 53.9 Å². The highest BCUT2D eigenvalue weighted by molar-refractivity contribution is 5.85. The van der Waals surface area contributed by atoms with E-state index in [1.54, 1.807) is 35.2 Å². The number of halogens is 1. The van der Waals surface area contributed by atoms with Crippen LogP contribution in [0.5, 0.6) is 5.75 Å². The molecule has 3 rings (SSSR count). The lowest BCUT2D eigenvalue weighted by Crippen LogP contribution is -2.54. The molecule has 0 aromatic heterocycles. The fourth-order valence-electron chi connectivity index (χ4n) is 4.08. The van der Waals surface area contributed by atoms with Crippen molar-refractivity contribution in [1.82, 2.24) is 9.80 Å². The number of amides is 1. The van der Waals surface area contributed by atoms with Crippen LogP contribution in [0.3, 0.4) is 0 Å². The number of carbonyl (C=O) groups is 1. The second-order valence-corrected chi connectivity index (χ2v) is 8.09. The summed E-state index contributed by atoms with van der Waals surface area (Å²) in [5.41, 5.74) is 10.6. The van der Waals surface area contributed by atoms with Gasteiger partial charge >= 0.3 is 0 Å². The van der Waals surface area contributed by atoms with E-state index in [9.17, 15) is 4.79 Å². The molecule has 0 spiro atoms. The van der Waals surface area contributed by atoms with Gasteiger partial charge in [0.15, 0.2) is 5.67 Å². The van der Waals surface area contributed by atoms with Crippen molar-refractivity contribution in [2.45, 2.75) is 37.5 Å². The lowest BCUT2D eigenvalue weighted by molar-refractivity contribution is -0.149. The van der Waals surface area contributed by atoms with E-state index in [1.165, 1.54) is 12.4 Å². The second-order valence-electron chi connectivity index (χ2n) is 8.09. The summed E-state index contributed by atoms with van der Waals surface area (Å²) in [4.78, 5) is 16.6. The number of hydrogen-bond donors (Lipinski definition) is 2. The van der Waals surface area contributed by atoms with Crippen LogP contribution in [-0.4, -0.2) is 60.2 Å². The Morgan fingerprint density at radius 2 is 1.84 bits per heavy atom. The SMILES string of the molecule is N#Cc1ccc(OC2CCN(C(=O)C3(F)CCN(CC(/C=C\N)=C/N)CC3)CC2)cc1. The van der Waals surface area contributed by atoms with Gasteiger partial charge in [-0.25, -0.2) is 4.39 Å². The summed E-state index contributed by atoms with van der Waals surface area (Å²) in [6.45, 7) is 2.55. The van der Waals surface area contributed by atoms with Crippen molar-refractivity contribution in [2.24, 2.45) is 11.5 Å². The highest BCUT2D eigenvalue weighted by Gasteiger charge is 2.44. The minimum atomic E-state index is -1.81. The standard InChI is InChI=1S/C23H30FN5O2/c24-23(8-13-28(14-9-23)17-19(16-27)5-10-25)22(30)29-11-6-21(7-12-29)31-20-3-1-18(15-26)2-4-20/h1-5,10,16,21H,6-9,11-14,17,25,27H2/b10-5-,19-16+. The van der Waals surface area contributed by atoms with Crippen molar-refractivity contribution in [3.63, 3.8) is 0 Å². The molecule has 0 atom stereocenters. The highest BCUT2D eigenvalue weighted by atomic mass is 19.1. The molecular formula is C23H30FN5O2. The van der Waals surface area contributed by atoms with Crippen LogP contribution in [0, 0.1) is 11.3 Å². The largest absolute Gasteiger partial charge is 0.490 e. The van der Waals surface area contributed by atoms with Crippen LogP contribution in [0.1, 0.15) is 31.2 Å². The van der Waals surface area contributed by atoms with Gasteiger partial charge in [-0.3, -0.25) is 9.69 Å². The number of benzene rings is 1. The van der Waals surface area contributed by atoms with Crippen molar-refractivity contribution < 1.29 is 13.9 Å². The maximum Gasteiger partial charge on any atom is 0.260 e. The number of hydrogen-bond acceptors (Lipinski definition) is 6. The summed E-state index contributed by atoms with van der Waals surface area (Å²) in [7, 11) is 0. The minimum absolute atomic E-state index is 0.0218. The molecule has 7 nitrogen and oxygen atoms in total. The summed E-state index contributed by atoms with van der Waals surface area (Å²) in [5, 5.41) is 8.87. The van der Waals surface area contributed by atoms with Crippen LogP contribution in [0.4, 0.5) is 4.39 Å². The molecule has 0 saturated carbocycles. The highest BCUT2D eigenvalue weighted by Crippen LogP contribution is 2.31. The second kappa shape index (κ2) is 10.3. The van der Waals surface area contributed by atoms with Gasteiger partial charge in [-0.05, 0) is 48.3 Å². The number of ether oxygens (including phenoxy) is 1. The molecule has 1 aromatic rings. The molecule has 31 heavy (non-hydrogen) atoms. The Kier molecular flexibility index (Phi) is 7.53. The summed E-state index contributed by atoms with van der Waals surface area (Å²) < 4.78 is 21.4. The third-order valence-electron chi connectivity index (χ3n) is 5.98. The molecule has 1 amide bonds. The first-order chi connectivity index (χ1) is 15.0. The number of piperidine rings is 2. The average molecular weight is 428 g/mol. The van der Waals surface area contributed by atoms with Gasteiger partial charge in [-0.15, -0.1) is 0 Å². The molecule has 0 bridgehead atoms. The number of alkyl halides is 1. The van der Waals surface area contributed by atoms with E-state index in [1.807, 2.05) is 0 Å². The third kappa shape index (κ3) is 5.76. The van der Waals surface area contributed by atoms with E-state index in [2.05, 4.69) is 11.0 Å². The van der Waals surface area contributed by atoms with Crippen LogP contribution in [0.25, 0.3) is 0 Å². The van der Waals surface area contributed by atoms with Gasteiger partial charge in [0.2, 0.25) is 0 Å². The van der Waals surface area contributed by atoms with Gasteiger partial charge in [-0.2, -0.15) is 5.26 Å². The predicted octanol–water partition coefficient (Wildman–Crippen LogP) is 2.05. The maximum atomic E-state index is 15.5. The quantitative estimate of drug-likeness (QED) is 0.673. The smallest absolute Gasteiger partial charge is 0.260 e. The zero-order chi connectivity index (χ0) is 22.3. The zero-order valence-corrected chi connectivity index (χ0v) is 17.7. The van der Waals surface area contributed by atoms with Crippen molar-refractivity contribution in [1.29, 1.82) is 5.26 Å². The van der Waals surface area contributed by atoms with Crippen LogP contribution >= 0.6 is 0 Å². The Hall–Kier alpha value is -3.05. The first kappa shape index (κ1) is 22.6. The molecule has 0 aliphatic carbocycles. The molecule has 166 valence electrons. The van der Waals surface area contributed by atoms with E-state index in [4.69, 9.17) is 21.5 Å². The minimum Gasteiger partial charge on any atom is -0.490 e. The molecule has 2 heterocycles. The van der Waals surface area contributed by atoms with Crippen LogP contribution < -0.4 is 16.2 Å². The van der Waals surface area contributed by atoms with E-state index in [0.29, 0.717) is 56.9 Å². The summed E-state index contributed by atoms with van der Waals surface area (Å²) in [6.07, 6.45) is 6.30. The number of likely N-dealkylation sites (tertiary alicyclic amines) is 2. The summed E-state index contributed by atoms with van der Waals surface area (Å²) in [6, 6.07) is 9.05. The van der Waals surface area contributed by atoms with E-state index in [0.717, 1.165) is 5.57 Å². The first-order valence-corrected chi connectivity index (χ1v) is 10.6. The van der Waals surface area contributed by atoms with Crippen molar-refractivity contribution in [3.8, 4) is 11.8 Å². The molecule has 4 N–H and O–H groups in total. The van der Waals surface area contributed by atoms with E-state index >= 15 is 4.39 Å². The van der Waals surface area contributed by atoms with Crippen LogP contribution in [-0.2, 0) is 4.79 Å². The zero-order valence-electron chi connectivity index (χ0n) is 17.7. The molecular weight excluding hydrogens is 397 g/mol. The lowest BCUT2D eigenvalue weighted by Gasteiger charge is -2.40. The Morgan fingerprint density at radius 1 is 1.19 bits per heavy atom. The van der Waals surface area contributed by atoms with Crippen LogP contribution in [0.2, 0.25) is 0 Å². The number of nitrogens with zero attached hydrogens (tertiary/aromatic N) is 3. The number of nitriles is 1. The van der Waals surface area contributed by atoms with Gasteiger partial charge in [0.25, 0.3) is 5.91 Å². The van der Waals surface area contributed by atoms with Gasteiger partial charge in [0.05, 0.1) is 11.6 Å². The van der Waals surface area contributed by atoms with Gasteiger partial charge in [0, 0.05) is 58.4 Å². The summed E-state index contributed by atoms with van der Waals surface area (Å²) in [5.74, 6) is 0.300. The first-order valence-electron chi connectivity index (χ1n) is 10.6.